The second kappa shape index (κ2) is 8.14. The number of likely N-dealkylation sites (tertiary alicyclic amines) is 2. The maximum Gasteiger partial charge on any atom is 0.239 e. The first-order chi connectivity index (χ1) is 10.1. The van der Waals surface area contributed by atoms with Gasteiger partial charge in [-0.25, -0.2) is 0 Å². The molecule has 2 unspecified atom stereocenters. The zero-order valence-corrected chi connectivity index (χ0v) is 14.1. The number of nitrogens with zero attached hydrogens (tertiary/aromatic N) is 2. The molecule has 4 heteroatoms. The molecular formula is C17H33N3O. The smallest absolute Gasteiger partial charge is 0.239 e. The summed E-state index contributed by atoms with van der Waals surface area (Å²) in [5, 5.41) is 3.56. The molecule has 122 valence electrons. The van der Waals surface area contributed by atoms with Crippen LogP contribution in [-0.4, -0.2) is 60.5 Å². The molecule has 2 aliphatic heterocycles. The summed E-state index contributed by atoms with van der Waals surface area (Å²) in [5.41, 5.74) is 0. The number of hydrogen-bond donors (Lipinski definition) is 1. The van der Waals surface area contributed by atoms with Crippen molar-refractivity contribution >= 4 is 5.91 Å². The van der Waals surface area contributed by atoms with Crippen molar-refractivity contribution in [2.45, 2.75) is 65.0 Å². The van der Waals surface area contributed by atoms with Crippen LogP contribution in [0.3, 0.4) is 0 Å². The second-order valence-electron chi connectivity index (χ2n) is 6.89. The lowest BCUT2D eigenvalue weighted by Gasteiger charge is -2.36. The zero-order chi connectivity index (χ0) is 15.2. The standard InChI is InChI=1S/C17H33N3O/c1-4-9-19-12-7-16(8-13-19)14(2)18-15(3)17(21)20-10-5-6-11-20/h14-16,18H,4-13H2,1-3H3. The van der Waals surface area contributed by atoms with E-state index in [1.54, 1.807) is 0 Å². The molecule has 2 aliphatic rings. The van der Waals surface area contributed by atoms with Gasteiger partial charge >= 0.3 is 0 Å². The monoisotopic (exact) mass is 295 g/mol. The molecule has 0 spiro atoms. The van der Waals surface area contributed by atoms with Crippen molar-refractivity contribution in [1.29, 1.82) is 0 Å². The Morgan fingerprint density at radius 2 is 1.76 bits per heavy atom. The molecule has 1 N–H and O–H groups in total. The molecule has 0 aromatic heterocycles. The van der Waals surface area contributed by atoms with Gasteiger partial charge in [-0.15, -0.1) is 0 Å². The molecule has 0 bridgehead atoms. The third-order valence-electron chi connectivity index (χ3n) is 5.18. The summed E-state index contributed by atoms with van der Waals surface area (Å²) in [6.07, 6.45) is 6.12. The highest BCUT2D eigenvalue weighted by Gasteiger charge is 2.28. The molecule has 0 saturated carbocycles. The predicted molar refractivity (Wildman–Crippen MR) is 87.3 cm³/mol. The fourth-order valence-corrected chi connectivity index (χ4v) is 3.81. The van der Waals surface area contributed by atoms with Crippen LogP contribution in [-0.2, 0) is 4.79 Å². The first-order valence-corrected chi connectivity index (χ1v) is 8.89. The number of rotatable bonds is 6. The Hall–Kier alpha value is -0.610. The molecule has 4 nitrogen and oxygen atoms in total. The number of carbonyl (C=O) groups is 1. The third kappa shape index (κ3) is 4.68. The molecule has 0 aromatic carbocycles. The molecule has 2 fully saturated rings. The molecule has 0 aliphatic carbocycles. The van der Waals surface area contributed by atoms with Crippen LogP contribution in [0.25, 0.3) is 0 Å². The Labute approximate surface area is 130 Å². The van der Waals surface area contributed by atoms with Gasteiger partial charge in [0.2, 0.25) is 5.91 Å². The van der Waals surface area contributed by atoms with Gasteiger partial charge in [-0.05, 0) is 71.5 Å². The van der Waals surface area contributed by atoms with Gasteiger partial charge in [-0.2, -0.15) is 0 Å². The zero-order valence-electron chi connectivity index (χ0n) is 14.1. The minimum absolute atomic E-state index is 0.0354. The molecule has 2 rings (SSSR count). The molecule has 2 saturated heterocycles. The van der Waals surface area contributed by atoms with Crippen molar-refractivity contribution in [2.24, 2.45) is 5.92 Å². The summed E-state index contributed by atoms with van der Waals surface area (Å²) in [5.74, 6) is 1.01. The lowest BCUT2D eigenvalue weighted by molar-refractivity contribution is -0.132. The molecular weight excluding hydrogens is 262 g/mol. The number of hydrogen-bond acceptors (Lipinski definition) is 3. The van der Waals surface area contributed by atoms with Gasteiger partial charge in [-0.1, -0.05) is 6.92 Å². The number of amides is 1. The minimum atomic E-state index is -0.0354. The second-order valence-corrected chi connectivity index (χ2v) is 6.89. The van der Waals surface area contributed by atoms with Crippen molar-refractivity contribution in [3.05, 3.63) is 0 Å². The van der Waals surface area contributed by atoms with Gasteiger partial charge in [0, 0.05) is 19.1 Å². The highest BCUT2D eigenvalue weighted by molar-refractivity contribution is 5.81. The van der Waals surface area contributed by atoms with E-state index in [2.05, 4.69) is 24.1 Å². The lowest BCUT2D eigenvalue weighted by Crippen LogP contribution is -2.50. The quantitative estimate of drug-likeness (QED) is 0.815. The largest absolute Gasteiger partial charge is 0.341 e. The highest BCUT2D eigenvalue weighted by Crippen LogP contribution is 2.21. The topological polar surface area (TPSA) is 35.6 Å². The van der Waals surface area contributed by atoms with Gasteiger partial charge in [0.1, 0.15) is 0 Å². The molecule has 0 radical (unpaired) electrons. The average molecular weight is 295 g/mol. The maximum atomic E-state index is 12.4. The first-order valence-electron chi connectivity index (χ1n) is 8.89. The minimum Gasteiger partial charge on any atom is -0.341 e. The van der Waals surface area contributed by atoms with E-state index in [0.29, 0.717) is 17.9 Å². The summed E-state index contributed by atoms with van der Waals surface area (Å²) in [6, 6.07) is 0.405. The van der Waals surface area contributed by atoms with Crippen LogP contribution in [0.2, 0.25) is 0 Å². The van der Waals surface area contributed by atoms with E-state index in [1.807, 2.05) is 11.8 Å². The number of nitrogens with one attached hydrogen (secondary N) is 1. The molecule has 21 heavy (non-hydrogen) atoms. The van der Waals surface area contributed by atoms with E-state index in [9.17, 15) is 4.79 Å². The average Bonchev–Trinajstić information content (AvgIpc) is 3.01. The molecule has 2 atom stereocenters. The van der Waals surface area contributed by atoms with Gasteiger partial charge in [0.25, 0.3) is 0 Å². The Morgan fingerprint density at radius 1 is 1.14 bits per heavy atom. The Bertz CT molecular complexity index is 320. The molecule has 2 heterocycles. The maximum absolute atomic E-state index is 12.4. The van der Waals surface area contributed by atoms with Crippen molar-refractivity contribution in [2.75, 3.05) is 32.7 Å². The van der Waals surface area contributed by atoms with Crippen LogP contribution in [0.15, 0.2) is 0 Å². The predicted octanol–water partition coefficient (Wildman–Crippen LogP) is 2.10. The van der Waals surface area contributed by atoms with Crippen LogP contribution in [0.4, 0.5) is 0 Å². The summed E-state index contributed by atoms with van der Waals surface area (Å²) in [6.45, 7) is 12.1. The van der Waals surface area contributed by atoms with Crippen LogP contribution in [0.5, 0.6) is 0 Å². The van der Waals surface area contributed by atoms with Crippen molar-refractivity contribution in [3.63, 3.8) is 0 Å². The lowest BCUT2D eigenvalue weighted by atomic mass is 9.90. The Balaban J connectivity index is 1.73. The van der Waals surface area contributed by atoms with Gasteiger partial charge in [0.05, 0.1) is 6.04 Å². The normalized spacial score (nSPS) is 24.2. The van der Waals surface area contributed by atoms with Crippen molar-refractivity contribution < 1.29 is 4.79 Å². The fraction of sp³-hybridized carbons (Fsp3) is 0.941. The van der Waals surface area contributed by atoms with Gasteiger partial charge < -0.3 is 15.1 Å². The third-order valence-corrected chi connectivity index (χ3v) is 5.18. The van der Waals surface area contributed by atoms with E-state index >= 15 is 0 Å². The van der Waals surface area contributed by atoms with E-state index in [-0.39, 0.29) is 6.04 Å². The van der Waals surface area contributed by atoms with Gasteiger partial charge in [-0.3, -0.25) is 4.79 Å². The van der Waals surface area contributed by atoms with Crippen LogP contribution in [0.1, 0.15) is 52.9 Å². The molecule has 1 amide bonds. The van der Waals surface area contributed by atoms with Crippen molar-refractivity contribution in [1.82, 2.24) is 15.1 Å². The number of carbonyl (C=O) groups excluding carboxylic acids is 1. The van der Waals surface area contributed by atoms with E-state index in [0.717, 1.165) is 13.1 Å². The molecule has 0 aromatic rings. The van der Waals surface area contributed by atoms with E-state index < -0.39 is 0 Å². The Morgan fingerprint density at radius 3 is 2.33 bits per heavy atom. The summed E-state index contributed by atoms with van der Waals surface area (Å²) in [4.78, 5) is 16.9. The first kappa shape index (κ1) is 16.8. The van der Waals surface area contributed by atoms with Crippen LogP contribution >= 0.6 is 0 Å². The summed E-state index contributed by atoms with van der Waals surface area (Å²) in [7, 11) is 0. The van der Waals surface area contributed by atoms with Crippen molar-refractivity contribution in [3.8, 4) is 0 Å². The van der Waals surface area contributed by atoms with Crippen LogP contribution in [0, 0.1) is 5.92 Å². The van der Waals surface area contributed by atoms with Gasteiger partial charge in [0.15, 0.2) is 0 Å². The highest BCUT2D eigenvalue weighted by atomic mass is 16.2. The van der Waals surface area contributed by atoms with E-state index in [4.69, 9.17) is 0 Å². The van der Waals surface area contributed by atoms with E-state index in [1.165, 1.54) is 51.7 Å². The summed E-state index contributed by atoms with van der Waals surface area (Å²) >= 11 is 0. The number of piperidine rings is 1. The Kier molecular flexibility index (Phi) is 6.49. The SMILES string of the molecule is CCCN1CCC(C(C)NC(C)C(=O)N2CCCC2)CC1. The summed E-state index contributed by atoms with van der Waals surface area (Å²) < 4.78 is 0. The van der Waals surface area contributed by atoms with Crippen LogP contribution < -0.4 is 5.32 Å². The fourth-order valence-electron chi connectivity index (χ4n) is 3.81.